The van der Waals surface area contributed by atoms with Crippen LogP contribution in [0, 0.1) is 5.82 Å². The maximum Gasteiger partial charge on any atom is 0.359 e. The summed E-state index contributed by atoms with van der Waals surface area (Å²) in [7, 11) is 0. The van der Waals surface area contributed by atoms with Crippen molar-refractivity contribution in [3.8, 4) is 22.8 Å². The van der Waals surface area contributed by atoms with Crippen molar-refractivity contribution in [2.24, 2.45) is 5.73 Å². The Morgan fingerprint density at radius 2 is 1.67 bits per heavy atom. The molecule has 1 aromatic heterocycles. The number of hydrogen-bond donors (Lipinski definition) is 3. The Hall–Kier alpha value is -4.30. The SMILES string of the molecule is NCCCCCCCCOc1ccc(CC2Nc3c(Cc4ccccc4)nc(-c4ccc(O)cc4)c[n+]3C2=O)cc1F. The number of anilines is 1. The zero-order valence-electron chi connectivity index (χ0n) is 23.8. The van der Waals surface area contributed by atoms with Crippen LogP contribution in [0.1, 0.15) is 60.1 Å². The monoisotopic (exact) mass is 569 g/mol. The van der Waals surface area contributed by atoms with Crippen LogP contribution < -0.4 is 20.4 Å². The minimum absolute atomic E-state index is 0.131. The number of fused-ring (bicyclic) bond motifs is 1. The molecule has 3 aromatic carbocycles. The van der Waals surface area contributed by atoms with Gasteiger partial charge < -0.3 is 15.6 Å². The first-order valence-corrected chi connectivity index (χ1v) is 14.7. The molecule has 7 nitrogen and oxygen atoms in total. The van der Waals surface area contributed by atoms with Gasteiger partial charge in [0, 0.05) is 18.4 Å². The van der Waals surface area contributed by atoms with E-state index in [9.17, 15) is 14.3 Å². The first-order chi connectivity index (χ1) is 20.5. The number of ether oxygens (including phenoxy) is 1. The largest absolute Gasteiger partial charge is 0.508 e. The van der Waals surface area contributed by atoms with Crippen molar-refractivity contribution in [3.05, 3.63) is 102 Å². The highest BCUT2D eigenvalue weighted by Crippen LogP contribution is 2.27. The highest BCUT2D eigenvalue weighted by atomic mass is 19.1. The molecule has 4 N–H and O–H groups in total. The van der Waals surface area contributed by atoms with E-state index in [1.807, 2.05) is 36.4 Å². The predicted molar refractivity (Wildman–Crippen MR) is 161 cm³/mol. The number of nitrogens with one attached hydrogen (secondary N) is 1. The van der Waals surface area contributed by atoms with Gasteiger partial charge in [-0.15, -0.1) is 0 Å². The third kappa shape index (κ3) is 7.31. The second-order valence-corrected chi connectivity index (χ2v) is 10.8. The van der Waals surface area contributed by atoms with Gasteiger partial charge in [0.1, 0.15) is 23.3 Å². The molecule has 42 heavy (non-hydrogen) atoms. The van der Waals surface area contributed by atoms with E-state index in [1.54, 1.807) is 41.1 Å². The van der Waals surface area contributed by atoms with Crippen molar-refractivity contribution in [2.45, 2.75) is 57.4 Å². The van der Waals surface area contributed by atoms with Gasteiger partial charge in [-0.05, 0) is 66.9 Å². The lowest BCUT2D eigenvalue weighted by molar-refractivity contribution is -0.552. The predicted octanol–water partition coefficient (Wildman–Crippen LogP) is 5.83. The van der Waals surface area contributed by atoms with Crippen LogP contribution in [0.4, 0.5) is 10.2 Å². The molecule has 0 saturated heterocycles. The molecule has 1 atom stereocenters. The molecule has 0 saturated carbocycles. The lowest BCUT2D eigenvalue weighted by atomic mass is 10.1. The molecule has 1 aliphatic heterocycles. The topological polar surface area (TPSA) is 101 Å². The van der Waals surface area contributed by atoms with Crippen LogP contribution in [0.5, 0.6) is 11.5 Å². The highest BCUT2D eigenvalue weighted by Gasteiger charge is 2.41. The maximum absolute atomic E-state index is 14.9. The molecule has 2 heterocycles. The van der Waals surface area contributed by atoms with Gasteiger partial charge in [0.15, 0.2) is 17.6 Å². The molecule has 0 spiro atoms. The van der Waals surface area contributed by atoms with Gasteiger partial charge in [0.25, 0.3) is 0 Å². The first-order valence-electron chi connectivity index (χ1n) is 14.7. The molecule has 1 unspecified atom stereocenters. The molecule has 0 aliphatic carbocycles. The number of carbonyl (C=O) groups is 1. The minimum atomic E-state index is -0.568. The van der Waals surface area contributed by atoms with Gasteiger partial charge in [-0.3, -0.25) is 5.32 Å². The highest BCUT2D eigenvalue weighted by molar-refractivity contribution is 5.82. The maximum atomic E-state index is 14.9. The quantitative estimate of drug-likeness (QED) is 0.131. The molecule has 5 rings (SSSR count). The van der Waals surface area contributed by atoms with E-state index in [-0.39, 0.29) is 17.4 Å². The normalized spacial score (nSPS) is 14.0. The van der Waals surface area contributed by atoms with Gasteiger partial charge in [-0.2, -0.15) is 4.57 Å². The fraction of sp³-hybridized carbons (Fsp3) is 0.324. The Morgan fingerprint density at radius 1 is 0.929 bits per heavy atom. The fourth-order valence-corrected chi connectivity index (χ4v) is 5.26. The number of phenols is 1. The van der Waals surface area contributed by atoms with Crippen molar-refractivity contribution in [3.63, 3.8) is 0 Å². The minimum Gasteiger partial charge on any atom is -0.508 e. The molecule has 1 aliphatic rings. The molecule has 218 valence electrons. The smallest absolute Gasteiger partial charge is 0.359 e. The summed E-state index contributed by atoms with van der Waals surface area (Å²) >= 11 is 0. The number of aromatic nitrogens is 2. The van der Waals surface area contributed by atoms with Crippen molar-refractivity contribution in [2.75, 3.05) is 18.5 Å². The number of unbranched alkanes of at least 4 members (excludes halogenated alkanes) is 5. The summed E-state index contributed by atoms with van der Waals surface area (Å²) in [6.07, 6.45) is 9.02. The Labute approximate surface area is 246 Å². The summed E-state index contributed by atoms with van der Waals surface area (Å²) in [5, 5.41) is 13.1. The van der Waals surface area contributed by atoms with E-state index in [0.717, 1.165) is 61.9 Å². The van der Waals surface area contributed by atoms with Crippen molar-refractivity contribution in [1.29, 1.82) is 0 Å². The van der Waals surface area contributed by atoms with E-state index < -0.39 is 11.9 Å². The number of benzene rings is 3. The Bertz CT molecular complexity index is 1500. The second kappa shape index (κ2) is 14.0. The third-order valence-corrected chi connectivity index (χ3v) is 7.54. The van der Waals surface area contributed by atoms with Crippen LogP contribution in [0.25, 0.3) is 11.3 Å². The number of phenolic OH excluding ortho intramolecular Hbond substituents is 1. The number of halogens is 1. The van der Waals surface area contributed by atoms with E-state index >= 15 is 0 Å². The second-order valence-electron chi connectivity index (χ2n) is 10.8. The van der Waals surface area contributed by atoms with E-state index in [1.165, 1.54) is 6.07 Å². The van der Waals surface area contributed by atoms with Crippen LogP contribution in [0.15, 0.2) is 79.0 Å². The Kier molecular flexibility index (Phi) is 9.77. The lowest BCUT2D eigenvalue weighted by Crippen LogP contribution is -2.44. The van der Waals surface area contributed by atoms with Crippen molar-refractivity contribution >= 4 is 11.7 Å². The summed E-state index contributed by atoms with van der Waals surface area (Å²) in [6, 6.07) is 21.1. The van der Waals surface area contributed by atoms with E-state index in [2.05, 4.69) is 5.32 Å². The molecule has 0 amide bonds. The van der Waals surface area contributed by atoms with Crippen molar-refractivity contribution in [1.82, 2.24) is 4.98 Å². The fourth-order valence-electron chi connectivity index (χ4n) is 5.26. The van der Waals surface area contributed by atoms with Crippen LogP contribution in [-0.2, 0) is 12.8 Å². The van der Waals surface area contributed by atoms with Gasteiger partial charge in [0.05, 0.1) is 6.61 Å². The molecule has 0 bridgehead atoms. The van der Waals surface area contributed by atoms with Gasteiger partial charge in [0.2, 0.25) is 0 Å². The average Bonchev–Trinajstić information content (AvgIpc) is 3.31. The standard InChI is InChI=1S/C34H37FN4O3/c35-28-20-25(12-17-32(28)42-19-9-4-2-1-3-8-18-36)22-30-34(41)39-23-31(26-13-15-27(40)16-14-26)37-29(33(39)38-30)21-24-10-6-5-7-11-24/h5-7,10-17,20,23,30,40H,1-4,8-9,18-19,21-22,36H2/p+1. The summed E-state index contributed by atoms with van der Waals surface area (Å²) in [5.74, 6) is 0.478. The molecule has 4 aromatic rings. The number of carbonyl (C=O) groups excluding carboxylic acids is 1. The number of rotatable bonds is 14. The van der Waals surface area contributed by atoms with Crippen LogP contribution in [-0.4, -0.2) is 35.2 Å². The Balaban J connectivity index is 1.27. The number of aromatic hydroxyl groups is 1. The molecular weight excluding hydrogens is 531 g/mol. The molecular formula is C34H38FN4O3+. The van der Waals surface area contributed by atoms with Gasteiger partial charge >= 0.3 is 11.7 Å². The molecule has 0 fully saturated rings. The lowest BCUT2D eigenvalue weighted by Gasteiger charge is -2.10. The van der Waals surface area contributed by atoms with Crippen LogP contribution in [0.2, 0.25) is 0 Å². The van der Waals surface area contributed by atoms with Crippen LogP contribution in [0.3, 0.4) is 0 Å². The zero-order valence-corrected chi connectivity index (χ0v) is 23.8. The third-order valence-electron chi connectivity index (χ3n) is 7.54. The summed E-state index contributed by atoms with van der Waals surface area (Å²) in [6.45, 7) is 1.21. The van der Waals surface area contributed by atoms with E-state index in [0.29, 0.717) is 36.5 Å². The number of hydrogen-bond acceptors (Lipinski definition) is 6. The molecule has 8 heteroatoms. The van der Waals surface area contributed by atoms with Gasteiger partial charge in [-0.1, -0.05) is 62.1 Å². The first kappa shape index (κ1) is 29.2. The summed E-state index contributed by atoms with van der Waals surface area (Å²) in [4.78, 5) is 18.5. The van der Waals surface area contributed by atoms with Crippen molar-refractivity contribution < 1.29 is 23.6 Å². The summed E-state index contributed by atoms with van der Waals surface area (Å²) in [5.41, 5.74) is 9.45. The van der Waals surface area contributed by atoms with Gasteiger partial charge in [-0.25, -0.2) is 14.2 Å². The Morgan fingerprint density at radius 3 is 2.40 bits per heavy atom. The van der Waals surface area contributed by atoms with Crippen LogP contribution >= 0.6 is 0 Å². The average molecular weight is 570 g/mol. The number of nitrogens with two attached hydrogens (primary N) is 1. The molecule has 0 radical (unpaired) electrons. The van der Waals surface area contributed by atoms with E-state index in [4.69, 9.17) is 15.5 Å². The zero-order chi connectivity index (χ0) is 29.3. The number of nitrogens with zero attached hydrogens (tertiary/aromatic N) is 2. The summed E-state index contributed by atoms with van der Waals surface area (Å²) < 4.78 is 22.2.